The maximum absolute atomic E-state index is 12.5. The first-order chi connectivity index (χ1) is 12.3. The highest BCUT2D eigenvalue weighted by Crippen LogP contribution is 2.26. The average Bonchev–Trinajstić information content (AvgIpc) is 3.06. The summed E-state index contributed by atoms with van der Waals surface area (Å²) in [5, 5.41) is 5.13. The quantitative estimate of drug-likeness (QED) is 0.698. The van der Waals surface area contributed by atoms with Crippen molar-refractivity contribution in [3.05, 3.63) is 65.2 Å². The van der Waals surface area contributed by atoms with Gasteiger partial charge in [-0.1, -0.05) is 42.0 Å². The van der Waals surface area contributed by atoms with Crippen LogP contribution in [0.15, 0.2) is 53.9 Å². The van der Waals surface area contributed by atoms with Crippen molar-refractivity contribution in [2.45, 2.75) is 6.92 Å². The molecule has 0 saturated carbocycles. The van der Waals surface area contributed by atoms with Crippen molar-refractivity contribution < 1.29 is 13.2 Å². The summed E-state index contributed by atoms with van der Waals surface area (Å²) in [6.07, 6.45) is 1.06. The fraction of sp³-hybridized carbons (Fsp3) is 0.111. The second-order valence-electron chi connectivity index (χ2n) is 5.78. The molecule has 2 N–H and O–H groups in total. The number of nitrogens with one attached hydrogen (secondary N) is 2. The number of hydrogen-bond donors (Lipinski definition) is 2. The van der Waals surface area contributed by atoms with Gasteiger partial charge in [0.1, 0.15) is 10.7 Å². The number of aryl methyl sites for hydroxylation is 1. The van der Waals surface area contributed by atoms with E-state index < -0.39 is 15.9 Å². The van der Waals surface area contributed by atoms with Gasteiger partial charge in [-0.15, -0.1) is 11.3 Å². The molecule has 1 heterocycles. The van der Waals surface area contributed by atoms with E-state index in [1.165, 1.54) is 11.3 Å². The van der Waals surface area contributed by atoms with E-state index in [-0.39, 0.29) is 5.69 Å². The van der Waals surface area contributed by atoms with Crippen LogP contribution in [0.1, 0.15) is 16.1 Å². The molecule has 0 aliphatic heterocycles. The molecule has 1 amide bonds. The number of anilines is 2. The highest BCUT2D eigenvalue weighted by atomic mass is 32.2. The molecule has 6 nitrogen and oxygen atoms in total. The fourth-order valence-corrected chi connectivity index (χ4v) is 3.66. The van der Waals surface area contributed by atoms with Crippen molar-refractivity contribution in [2.24, 2.45) is 0 Å². The molecule has 134 valence electrons. The van der Waals surface area contributed by atoms with Crippen LogP contribution in [0.5, 0.6) is 0 Å². The Morgan fingerprint density at radius 3 is 2.35 bits per heavy atom. The Morgan fingerprint density at radius 1 is 1.04 bits per heavy atom. The molecule has 8 heteroatoms. The van der Waals surface area contributed by atoms with Gasteiger partial charge in [-0.05, 0) is 19.1 Å². The predicted molar refractivity (Wildman–Crippen MR) is 105 cm³/mol. The van der Waals surface area contributed by atoms with Gasteiger partial charge in [-0.25, -0.2) is 13.4 Å². The van der Waals surface area contributed by atoms with E-state index in [9.17, 15) is 13.2 Å². The van der Waals surface area contributed by atoms with Crippen LogP contribution in [0.4, 0.5) is 11.4 Å². The number of sulfonamides is 1. The maximum atomic E-state index is 12.5. The predicted octanol–water partition coefficient (Wildman–Crippen LogP) is 3.74. The van der Waals surface area contributed by atoms with Crippen LogP contribution in [0.2, 0.25) is 0 Å². The zero-order valence-electron chi connectivity index (χ0n) is 14.2. The van der Waals surface area contributed by atoms with Gasteiger partial charge in [0.25, 0.3) is 5.91 Å². The van der Waals surface area contributed by atoms with E-state index in [1.807, 2.05) is 31.2 Å². The molecule has 0 saturated heterocycles. The van der Waals surface area contributed by atoms with E-state index in [0.29, 0.717) is 11.4 Å². The number of para-hydroxylation sites is 2. The van der Waals surface area contributed by atoms with Gasteiger partial charge in [0.05, 0.1) is 17.6 Å². The number of thiazole rings is 1. The number of carbonyl (C=O) groups is 1. The minimum Gasteiger partial charge on any atom is -0.319 e. The highest BCUT2D eigenvalue weighted by Gasteiger charge is 2.15. The van der Waals surface area contributed by atoms with E-state index in [4.69, 9.17) is 0 Å². The number of amides is 1. The second-order valence-corrected chi connectivity index (χ2v) is 8.38. The van der Waals surface area contributed by atoms with Crippen LogP contribution >= 0.6 is 11.3 Å². The second kappa shape index (κ2) is 7.27. The first kappa shape index (κ1) is 18.1. The third-order valence-electron chi connectivity index (χ3n) is 3.51. The Bertz CT molecular complexity index is 1040. The van der Waals surface area contributed by atoms with Crippen molar-refractivity contribution in [3.8, 4) is 10.6 Å². The summed E-state index contributed by atoms with van der Waals surface area (Å²) in [6.45, 7) is 2.01. The number of carbonyl (C=O) groups excluding carboxylic acids is 1. The Kier molecular flexibility index (Phi) is 5.06. The van der Waals surface area contributed by atoms with Crippen molar-refractivity contribution in [2.75, 3.05) is 16.3 Å². The van der Waals surface area contributed by atoms with E-state index >= 15 is 0 Å². The Balaban J connectivity index is 1.80. The van der Waals surface area contributed by atoms with Crippen LogP contribution < -0.4 is 10.0 Å². The summed E-state index contributed by atoms with van der Waals surface area (Å²) in [5.41, 5.74) is 3.04. The minimum atomic E-state index is -3.45. The van der Waals surface area contributed by atoms with Crippen molar-refractivity contribution in [1.29, 1.82) is 0 Å². The molecule has 0 bridgehead atoms. The molecule has 0 unspecified atom stereocenters. The van der Waals surface area contributed by atoms with Gasteiger partial charge < -0.3 is 5.32 Å². The number of aromatic nitrogens is 1. The maximum Gasteiger partial charge on any atom is 0.275 e. The summed E-state index contributed by atoms with van der Waals surface area (Å²) in [4.78, 5) is 16.9. The third kappa shape index (κ3) is 4.47. The standard InChI is InChI=1S/C18H17N3O3S2/c1-12-7-9-13(10-8-12)18-20-16(11-25-18)17(22)19-14-5-3-4-6-15(14)21-26(2,23)24/h3-11,21H,1-2H3,(H,19,22). The van der Waals surface area contributed by atoms with Gasteiger partial charge >= 0.3 is 0 Å². The first-order valence-corrected chi connectivity index (χ1v) is 10.5. The molecule has 3 aromatic rings. The smallest absolute Gasteiger partial charge is 0.275 e. The summed E-state index contributed by atoms with van der Waals surface area (Å²) in [6, 6.07) is 14.5. The SMILES string of the molecule is Cc1ccc(-c2nc(C(=O)Nc3ccccc3NS(C)(=O)=O)cs2)cc1. The monoisotopic (exact) mass is 387 g/mol. The van der Waals surface area contributed by atoms with Gasteiger partial charge in [-0.3, -0.25) is 9.52 Å². The summed E-state index contributed by atoms with van der Waals surface area (Å²) < 4.78 is 25.3. The Labute approximate surface area is 156 Å². The molecule has 2 aromatic carbocycles. The van der Waals surface area contributed by atoms with Crippen LogP contribution in [0, 0.1) is 6.92 Å². The summed E-state index contributed by atoms with van der Waals surface area (Å²) in [5.74, 6) is -0.401. The van der Waals surface area contributed by atoms with Gasteiger partial charge in [0, 0.05) is 10.9 Å². The van der Waals surface area contributed by atoms with Crippen molar-refractivity contribution in [1.82, 2.24) is 4.98 Å². The molecular formula is C18H17N3O3S2. The van der Waals surface area contributed by atoms with Gasteiger partial charge in [-0.2, -0.15) is 0 Å². The Hall–Kier alpha value is -2.71. The first-order valence-electron chi connectivity index (χ1n) is 7.72. The van der Waals surface area contributed by atoms with E-state index in [1.54, 1.807) is 29.6 Å². The number of hydrogen-bond acceptors (Lipinski definition) is 5. The molecular weight excluding hydrogens is 370 g/mol. The van der Waals surface area contributed by atoms with Gasteiger partial charge in [0.2, 0.25) is 10.0 Å². The third-order valence-corrected chi connectivity index (χ3v) is 4.99. The number of nitrogens with zero attached hydrogens (tertiary/aromatic N) is 1. The molecule has 1 aromatic heterocycles. The lowest BCUT2D eigenvalue weighted by atomic mass is 10.2. The van der Waals surface area contributed by atoms with Crippen LogP contribution in [0.25, 0.3) is 10.6 Å². The fourth-order valence-electron chi connectivity index (χ4n) is 2.27. The number of benzene rings is 2. The lowest BCUT2D eigenvalue weighted by molar-refractivity contribution is 0.102. The average molecular weight is 387 g/mol. The summed E-state index contributed by atoms with van der Waals surface area (Å²) in [7, 11) is -3.45. The van der Waals surface area contributed by atoms with E-state index in [0.717, 1.165) is 22.4 Å². The topological polar surface area (TPSA) is 88.2 Å². The molecule has 0 aliphatic rings. The van der Waals surface area contributed by atoms with Crippen molar-refractivity contribution >= 4 is 38.6 Å². The zero-order chi connectivity index (χ0) is 18.7. The zero-order valence-corrected chi connectivity index (χ0v) is 15.8. The largest absolute Gasteiger partial charge is 0.319 e. The van der Waals surface area contributed by atoms with E-state index in [2.05, 4.69) is 15.0 Å². The summed E-state index contributed by atoms with van der Waals surface area (Å²) >= 11 is 1.38. The van der Waals surface area contributed by atoms with Crippen LogP contribution in [0.3, 0.4) is 0 Å². The minimum absolute atomic E-state index is 0.278. The molecule has 26 heavy (non-hydrogen) atoms. The molecule has 0 atom stereocenters. The molecule has 0 aliphatic carbocycles. The Morgan fingerprint density at radius 2 is 1.69 bits per heavy atom. The normalized spacial score (nSPS) is 11.2. The van der Waals surface area contributed by atoms with Gasteiger partial charge in [0.15, 0.2) is 0 Å². The number of rotatable bonds is 5. The highest BCUT2D eigenvalue weighted by molar-refractivity contribution is 7.92. The van der Waals surface area contributed by atoms with Crippen LogP contribution in [-0.2, 0) is 10.0 Å². The molecule has 3 rings (SSSR count). The lowest BCUT2D eigenvalue weighted by Gasteiger charge is -2.11. The van der Waals surface area contributed by atoms with Crippen molar-refractivity contribution in [3.63, 3.8) is 0 Å². The molecule has 0 radical (unpaired) electrons. The molecule has 0 fully saturated rings. The van der Waals surface area contributed by atoms with Crippen LogP contribution in [-0.4, -0.2) is 25.6 Å². The lowest BCUT2D eigenvalue weighted by Crippen LogP contribution is -2.16. The molecule has 0 spiro atoms.